The first-order valence-corrected chi connectivity index (χ1v) is 13.6. The van der Waals surface area contributed by atoms with Gasteiger partial charge in [0.25, 0.3) is 5.91 Å². The quantitative estimate of drug-likeness (QED) is 0.246. The number of carbonyl (C=O) groups excluding carboxylic acids is 2. The lowest BCUT2D eigenvalue weighted by atomic mass is 9.86. The number of hydrogen-bond donors (Lipinski definition) is 1. The Morgan fingerprint density at radius 1 is 0.744 bits per heavy atom. The molecule has 2 heterocycles. The Bertz CT molecular complexity index is 1560. The molecule has 3 aromatic carbocycles. The van der Waals surface area contributed by atoms with Crippen LogP contribution in [0.1, 0.15) is 42.5 Å². The molecule has 0 radical (unpaired) electrons. The van der Waals surface area contributed by atoms with Crippen LogP contribution < -0.4 is 10.2 Å². The zero-order valence-electron chi connectivity index (χ0n) is 21.7. The second-order valence-electron chi connectivity index (χ2n) is 10.1. The maximum Gasteiger partial charge on any atom is 0.262 e. The Morgan fingerprint density at radius 2 is 1.31 bits per heavy atom. The van der Waals surface area contributed by atoms with E-state index in [-0.39, 0.29) is 17.6 Å². The van der Waals surface area contributed by atoms with Gasteiger partial charge in [-0.25, -0.2) is 0 Å². The van der Waals surface area contributed by atoms with Gasteiger partial charge in [0.15, 0.2) is 5.78 Å². The van der Waals surface area contributed by atoms with Crippen molar-refractivity contribution in [1.29, 1.82) is 0 Å². The van der Waals surface area contributed by atoms with E-state index >= 15 is 0 Å². The highest BCUT2D eigenvalue weighted by Gasteiger charge is 2.23. The lowest BCUT2D eigenvalue weighted by molar-refractivity contribution is -0.122. The number of pyridine rings is 2. The number of carbonyl (C=O) groups is 2. The Labute approximate surface area is 227 Å². The summed E-state index contributed by atoms with van der Waals surface area (Å²) in [5.41, 5.74) is 4.40. The highest BCUT2D eigenvalue weighted by molar-refractivity contribution is 6.12. The summed E-state index contributed by atoms with van der Waals surface area (Å²) in [5, 5.41) is 5.14. The van der Waals surface area contributed by atoms with Gasteiger partial charge in [0.1, 0.15) is 0 Å². The monoisotopic (exact) mass is 514 g/mol. The molecule has 6 rings (SSSR count). The molecule has 1 N–H and O–H groups in total. The van der Waals surface area contributed by atoms with Crippen molar-refractivity contribution in [3.05, 3.63) is 103 Å². The van der Waals surface area contributed by atoms with Crippen molar-refractivity contribution < 1.29 is 9.59 Å². The maximum absolute atomic E-state index is 14.0. The van der Waals surface area contributed by atoms with Crippen LogP contribution in [0.5, 0.6) is 0 Å². The average Bonchev–Trinajstić information content (AvgIpc) is 3.00. The van der Waals surface area contributed by atoms with E-state index in [0.29, 0.717) is 23.5 Å². The largest absolute Gasteiger partial charge is 0.378 e. The van der Waals surface area contributed by atoms with Gasteiger partial charge in [0, 0.05) is 27.9 Å². The number of ketones is 1. The molecule has 0 aliphatic heterocycles. The third kappa shape index (κ3) is 5.36. The Hall–Kier alpha value is -4.58. The fourth-order valence-electron chi connectivity index (χ4n) is 5.36. The SMILES string of the molecule is O=C(CNc1ccc(C(=O)N(c2cnc3ccccc3c2)c2cnc3ccccc3c2)cc1)C1CCCCC1. The summed E-state index contributed by atoms with van der Waals surface area (Å²) in [6, 6.07) is 27.0. The molecule has 6 heteroatoms. The van der Waals surface area contributed by atoms with Crippen molar-refractivity contribution in [1.82, 2.24) is 9.97 Å². The lowest BCUT2D eigenvalue weighted by Crippen LogP contribution is -2.26. The molecule has 1 amide bonds. The minimum Gasteiger partial charge on any atom is -0.378 e. The van der Waals surface area contributed by atoms with Crippen molar-refractivity contribution in [2.75, 3.05) is 16.8 Å². The van der Waals surface area contributed by atoms with Crippen LogP contribution in [0.3, 0.4) is 0 Å². The molecule has 5 aromatic rings. The zero-order valence-corrected chi connectivity index (χ0v) is 21.7. The predicted octanol–water partition coefficient (Wildman–Crippen LogP) is 7.32. The first-order valence-electron chi connectivity index (χ1n) is 13.6. The lowest BCUT2D eigenvalue weighted by Gasteiger charge is -2.23. The topological polar surface area (TPSA) is 75.2 Å². The molecule has 1 aliphatic rings. The van der Waals surface area contributed by atoms with Gasteiger partial charge < -0.3 is 5.32 Å². The van der Waals surface area contributed by atoms with Gasteiger partial charge in [-0.05, 0) is 61.4 Å². The summed E-state index contributed by atoms with van der Waals surface area (Å²) in [4.78, 5) is 37.5. The minimum absolute atomic E-state index is 0.173. The first-order chi connectivity index (χ1) is 19.2. The molecule has 2 aromatic heterocycles. The summed E-state index contributed by atoms with van der Waals surface area (Å²) in [6.45, 7) is 0.315. The van der Waals surface area contributed by atoms with E-state index in [4.69, 9.17) is 0 Å². The second kappa shape index (κ2) is 11.0. The predicted molar refractivity (Wildman–Crippen MR) is 156 cm³/mol. The van der Waals surface area contributed by atoms with E-state index in [1.807, 2.05) is 72.8 Å². The molecule has 6 nitrogen and oxygen atoms in total. The number of benzene rings is 3. The maximum atomic E-state index is 14.0. The summed E-state index contributed by atoms with van der Waals surface area (Å²) >= 11 is 0. The smallest absolute Gasteiger partial charge is 0.262 e. The van der Waals surface area contributed by atoms with E-state index in [9.17, 15) is 9.59 Å². The van der Waals surface area contributed by atoms with Gasteiger partial charge >= 0.3 is 0 Å². The van der Waals surface area contributed by atoms with E-state index in [2.05, 4.69) is 15.3 Å². The molecule has 0 atom stereocenters. The molecule has 0 saturated heterocycles. The van der Waals surface area contributed by atoms with E-state index < -0.39 is 0 Å². The number of fused-ring (bicyclic) bond motifs is 2. The van der Waals surface area contributed by atoms with Crippen molar-refractivity contribution in [2.24, 2.45) is 5.92 Å². The Balaban J connectivity index is 1.28. The molecule has 0 unspecified atom stereocenters. The van der Waals surface area contributed by atoms with Crippen LogP contribution in [-0.2, 0) is 4.79 Å². The van der Waals surface area contributed by atoms with Crippen LogP contribution in [0.4, 0.5) is 17.1 Å². The summed E-state index contributed by atoms with van der Waals surface area (Å²) in [5.74, 6) is 0.259. The number of nitrogens with one attached hydrogen (secondary N) is 1. The summed E-state index contributed by atoms with van der Waals surface area (Å²) in [6.07, 6.45) is 8.96. The van der Waals surface area contributed by atoms with Gasteiger partial charge in [0.2, 0.25) is 0 Å². The molecule has 1 saturated carbocycles. The average molecular weight is 515 g/mol. The third-order valence-corrected chi connectivity index (χ3v) is 7.53. The fraction of sp³-hybridized carbons (Fsp3) is 0.212. The van der Waals surface area contributed by atoms with Crippen molar-refractivity contribution in [2.45, 2.75) is 32.1 Å². The van der Waals surface area contributed by atoms with Gasteiger partial charge in [-0.15, -0.1) is 0 Å². The van der Waals surface area contributed by atoms with Crippen LogP contribution in [0.15, 0.2) is 97.3 Å². The van der Waals surface area contributed by atoms with Gasteiger partial charge in [-0.1, -0.05) is 55.7 Å². The first kappa shape index (κ1) is 24.7. The molecule has 194 valence electrons. The van der Waals surface area contributed by atoms with E-state index in [1.54, 1.807) is 29.4 Å². The number of para-hydroxylation sites is 2. The zero-order chi connectivity index (χ0) is 26.6. The molecular formula is C33H30N4O2. The third-order valence-electron chi connectivity index (χ3n) is 7.53. The number of amides is 1. The van der Waals surface area contributed by atoms with Crippen LogP contribution in [0, 0.1) is 5.92 Å². The Morgan fingerprint density at radius 3 is 1.90 bits per heavy atom. The highest BCUT2D eigenvalue weighted by Crippen LogP contribution is 2.31. The van der Waals surface area contributed by atoms with Gasteiger partial charge in [-0.3, -0.25) is 24.5 Å². The van der Waals surface area contributed by atoms with Crippen LogP contribution in [-0.4, -0.2) is 28.2 Å². The van der Waals surface area contributed by atoms with Crippen LogP contribution >= 0.6 is 0 Å². The number of aromatic nitrogens is 2. The molecule has 0 spiro atoms. The van der Waals surface area contributed by atoms with Gasteiger partial charge in [-0.2, -0.15) is 0 Å². The van der Waals surface area contributed by atoms with Crippen LogP contribution in [0.25, 0.3) is 21.8 Å². The Kier molecular flexibility index (Phi) is 7.00. The van der Waals surface area contributed by atoms with Crippen LogP contribution in [0.2, 0.25) is 0 Å². The molecule has 1 fully saturated rings. The van der Waals surface area contributed by atoms with Gasteiger partial charge in [0.05, 0.1) is 41.3 Å². The van der Waals surface area contributed by atoms with E-state index in [1.165, 1.54) is 6.42 Å². The fourth-order valence-corrected chi connectivity index (χ4v) is 5.36. The van der Waals surface area contributed by atoms with Crippen molar-refractivity contribution >= 4 is 50.6 Å². The molecule has 0 bridgehead atoms. The standard InChI is InChI=1S/C33H30N4O2/c38-32(23-8-2-1-3-9-23)22-34-27-16-14-24(15-17-27)33(39)37(28-18-25-10-4-6-12-30(25)35-20-28)29-19-26-11-5-7-13-31(26)36-21-29/h4-7,10-21,23,34H,1-3,8-9,22H2. The highest BCUT2D eigenvalue weighted by atomic mass is 16.2. The summed E-state index contributed by atoms with van der Waals surface area (Å²) < 4.78 is 0. The van der Waals surface area contributed by atoms with Crippen molar-refractivity contribution in [3.63, 3.8) is 0 Å². The number of anilines is 3. The minimum atomic E-state index is -0.186. The number of rotatable bonds is 7. The molecular weight excluding hydrogens is 484 g/mol. The summed E-state index contributed by atoms with van der Waals surface area (Å²) in [7, 11) is 0. The normalized spacial score (nSPS) is 13.8. The van der Waals surface area contributed by atoms with E-state index in [0.717, 1.165) is 53.2 Å². The number of nitrogens with zero attached hydrogens (tertiary/aromatic N) is 3. The second-order valence-corrected chi connectivity index (χ2v) is 10.1. The molecule has 39 heavy (non-hydrogen) atoms. The number of hydrogen-bond acceptors (Lipinski definition) is 5. The molecule has 1 aliphatic carbocycles. The van der Waals surface area contributed by atoms with Crippen molar-refractivity contribution in [3.8, 4) is 0 Å². The number of Topliss-reactive ketones (excluding diaryl/α,β-unsaturated/α-hetero) is 1.